The lowest BCUT2D eigenvalue weighted by atomic mass is 10.2. The number of hydrogen-bond acceptors (Lipinski definition) is 4. The van der Waals surface area contributed by atoms with Crippen LogP contribution in [0.4, 0.5) is 4.39 Å². The van der Waals surface area contributed by atoms with E-state index in [1.807, 2.05) is 5.38 Å². The summed E-state index contributed by atoms with van der Waals surface area (Å²) < 4.78 is 12.8. The summed E-state index contributed by atoms with van der Waals surface area (Å²) in [6.45, 7) is 0. The van der Waals surface area contributed by atoms with Crippen LogP contribution in [0.25, 0.3) is 11.3 Å². The van der Waals surface area contributed by atoms with Crippen LogP contribution in [0.1, 0.15) is 11.4 Å². The maximum absolute atomic E-state index is 12.8. The molecular weight excluding hydrogens is 267 g/mol. The highest BCUT2D eigenvalue weighted by Gasteiger charge is 2.07. The van der Waals surface area contributed by atoms with Gasteiger partial charge in [-0.15, -0.1) is 11.3 Å². The van der Waals surface area contributed by atoms with Gasteiger partial charge in [-0.3, -0.25) is 9.63 Å². The zero-order valence-corrected chi connectivity index (χ0v) is 11.2. The van der Waals surface area contributed by atoms with Crippen molar-refractivity contribution in [3.8, 4) is 11.3 Å². The first-order valence-electron chi connectivity index (χ1n) is 5.71. The van der Waals surface area contributed by atoms with Crippen molar-refractivity contribution >= 4 is 17.2 Å². The minimum atomic E-state index is -0.268. The molecule has 100 valence electrons. The van der Waals surface area contributed by atoms with Gasteiger partial charge in [0.1, 0.15) is 5.82 Å². The number of thiazole rings is 1. The van der Waals surface area contributed by atoms with Crippen molar-refractivity contribution in [3.05, 3.63) is 40.5 Å². The van der Waals surface area contributed by atoms with E-state index < -0.39 is 0 Å². The summed E-state index contributed by atoms with van der Waals surface area (Å²) in [5, 5.41) is 2.77. The number of benzene rings is 1. The monoisotopic (exact) mass is 280 g/mol. The zero-order valence-electron chi connectivity index (χ0n) is 10.4. The molecule has 0 atom stereocenters. The first-order valence-corrected chi connectivity index (χ1v) is 6.59. The SMILES string of the molecule is CONC(=O)CCc1nc(-c2ccc(F)cc2)cs1. The third-order valence-electron chi connectivity index (χ3n) is 2.47. The molecular formula is C13H13FN2O2S. The molecule has 0 aliphatic carbocycles. The number of aromatic nitrogens is 1. The highest BCUT2D eigenvalue weighted by atomic mass is 32.1. The topological polar surface area (TPSA) is 51.2 Å². The van der Waals surface area contributed by atoms with Crippen molar-refractivity contribution in [3.63, 3.8) is 0 Å². The number of amides is 1. The second-order valence-electron chi connectivity index (χ2n) is 3.86. The van der Waals surface area contributed by atoms with Crippen LogP contribution in [0.2, 0.25) is 0 Å². The van der Waals surface area contributed by atoms with Gasteiger partial charge in [0.15, 0.2) is 0 Å². The molecule has 0 aliphatic rings. The number of halogens is 1. The number of hydroxylamine groups is 1. The summed E-state index contributed by atoms with van der Waals surface area (Å²) in [5.41, 5.74) is 3.92. The summed E-state index contributed by atoms with van der Waals surface area (Å²) in [5.74, 6) is -0.448. The molecule has 2 aromatic rings. The number of aryl methyl sites for hydroxylation is 1. The molecule has 1 N–H and O–H groups in total. The predicted octanol–water partition coefficient (Wildman–Crippen LogP) is 2.56. The Kier molecular flexibility index (Phi) is 4.59. The average Bonchev–Trinajstić information content (AvgIpc) is 2.86. The van der Waals surface area contributed by atoms with Crippen LogP contribution in [-0.4, -0.2) is 18.0 Å². The Bertz CT molecular complexity index is 554. The highest BCUT2D eigenvalue weighted by Crippen LogP contribution is 2.22. The molecule has 1 heterocycles. The molecule has 6 heteroatoms. The number of hydrogen-bond donors (Lipinski definition) is 1. The Balaban J connectivity index is 1.99. The van der Waals surface area contributed by atoms with Crippen molar-refractivity contribution in [1.82, 2.24) is 10.5 Å². The first-order chi connectivity index (χ1) is 9.19. The molecule has 2 rings (SSSR count). The quantitative estimate of drug-likeness (QED) is 0.856. The van der Waals surface area contributed by atoms with Gasteiger partial charge in [-0.25, -0.2) is 14.9 Å². The molecule has 19 heavy (non-hydrogen) atoms. The molecule has 1 aromatic heterocycles. The van der Waals surface area contributed by atoms with E-state index >= 15 is 0 Å². The Labute approximate surface area is 114 Å². The third kappa shape index (κ3) is 3.84. The van der Waals surface area contributed by atoms with Gasteiger partial charge in [0.2, 0.25) is 5.91 Å². The Hall–Kier alpha value is -1.79. The summed E-state index contributed by atoms with van der Waals surface area (Å²) in [6.07, 6.45) is 0.880. The van der Waals surface area contributed by atoms with Gasteiger partial charge >= 0.3 is 0 Å². The second-order valence-corrected chi connectivity index (χ2v) is 4.81. The lowest BCUT2D eigenvalue weighted by Gasteiger charge is -1.99. The largest absolute Gasteiger partial charge is 0.277 e. The van der Waals surface area contributed by atoms with E-state index in [0.717, 1.165) is 16.3 Å². The van der Waals surface area contributed by atoms with Crippen LogP contribution in [0.15, 0.2) is 29.6 Å². The number of carbonyl (C=O) groups is 1. The summed E-state index contributed by atoms with van der Waals surface area (Å²) in [7, 11) is 1.40. The fourth-order valence-electron chi connectivity index (χ4n) is 1.56. The van der Waals surface area contributed by atoms with E-state index in [2.05, 4.69) is 15.3 Å². The fraction of sp³-hybridized carbons (Fsp3) is 0.231. The summed E-state index contributed by atoms with van der Waals surface area (Å²) in [6, 6.07) is 6.18. The number of nitrogens with one attached hydrogen (secondary N) is 1. The third-order valence-corrected chi connectivity index (χ3v) is 3.38. The molecule has 1 aromatic carbocycles. The maximum Gasteiger partial charge on any atom is 0.243 e. The smallest absolute Gasteiger partial charge is 0.243 e. The Morgan fingerprint density at radius 2 is 2.16 bits per heavy atom. The lowest BCUT2D eigenvalue weighted by Crippen LogP contribution is -2.21. The van der Waals surface area contributed by atoms with Crippen molar-refractivity contribution in [1.29, 1.82) is 0 Å². The van der Waals surface area contributed by atoms with Gasteiger partial charge in [0.25, 0.3) is 0 Å². The molecule has 0 saturated heterocycles. The van der Waals surface area contributed by atoms with Crippen molar-refractivity contribution in [2.75, 3.05) is 7.11 Å². The Morgan fingerprint density at radius 1 is 1.42 bits per heavy atom. The van der Waals surface area contributed by atoms with Crippen LogP contribution < -0.4 is 5.48 Å². The van der Waals surface area contributed by atoms with E-state index in [-0.39, 0.29) is 11.7 Å². The maximum atomic E-state index is 12.8. The molecule has 0 aliphatic heterocycles. The molecule has 0 saturated carbocycles. The van der Waals surface area contributed by atoms with Crippen LogP contribution in [-0.2, 0) is 16.1 Å². The standard InChI is InChI=1S/C13H13FN2O2S/c1-18-16-12(17)6-7-13-15-11(8-19-13)9-2-4-10(14)5-3-9/h2-5,8H,6-7H2,1H3,(H,16,17). The average molecular weight is 280 g/mol. The second kappa shape index (κ2) is 6.40. The van der Waals surface area contributed by atoms with Crippen molar-refractivity contribution < 1.29 is 14.0 Å². The number of carbonyl (C=O) groups excluding carboxylic acids is 1. The number of rotatable bonds is 5. The van der Waals surface area contributed by atoms with E-state index in [1.54, 1.807) is 12.1 Å². The molecule has 4 nitrogen and oxygen atoms in total. The summed E-state index contributed by atoms with van der Waals surface area (Å²) in [4.78, 5) is 20.2. The summed E-state index contributed by atoms with van der Waals surface area (Å²) >= 11 is 1.48. The first kappa shape index (κ1) is 13.6. The lowest BCUT2D eigenvalue weighted by molar-refractivity contribution is -0.131. The molecule has 0 radical (unpaired) electrons. The normalized spacial score (nSPS) is 10.4. The van der Waals surface area contributed by atoms with Gasteiger partial charge in [-0.1, -0.05) is 0 Å². The van der Waals surface area contributed by atoms with Gasteiger partial charge in [0, 0.05) is 23.8 Å². The molecule has 0 unspecified atom stereocenters. The van der Waals surface area contributed by atoms with Crippen LogP contribution in [0, 0.1) is 5.82 Å². The minimum absolute atomic E-state index is 0.180. The van der Waals surface area contributed by atoms with Gasteiger partial charge in [-0.2, -0.15) is 0 Å². The van der Waals surface area contributed by atoms with E-state index in [1.165, 1.54) is 30.6 Å². The molecule has 0 spiro atoms. The molecule has 0 fully saturated rings. The van der Waals surface area contributed by atoms with Crippen LogP contribution >= 0.6 is 11.3 Å². The fourth-order valence-corrected chi connectivity index (χ4v) is 2.37. The molecule has 0 bridgehead atoms. The minimum Gasteiger partial charge on any atom is -0.277 e. The van der Waals surface area contributed by atoms with Gasteiger partial charge < -0.3 is 0 Å². The van der Waals surface area contributed by atoms with E-state index in [9.17, 15) is 9.18 Å². The van der Waals surface area contributed by atoms with Crippen LogP contribution in [0.5, 0.6) is 0 Å². The van der Waals surface area contributed by atoms with E-state index in [0.29, 0.717) is 12.8 Å². The predicted molar refractivity (Wildman–Crippen MR) is 71.0 cm³/mol. The Morgan fingerprint density at radius 3 is 2.84 bits per heavy atom. The molecule has 1 amide bonds. The van der Waals surface area contributed by atoms with Gasteiger partial charge in [-0.05, 0) is 24.3 Å². The zero-order chi connectivity index (χ0) is 13.7. The van der Waals surface area contributed by atoms with Crippen LogP contribution in [0.3, 0.4) is 0 Å². The number of nitrogens with zero attached hydrogens (tertiary/aromatic N) is 1. The van der Waals surface area contributed by atoms with Crippen molar-refractivity contribution in [2.45, 2.75) is 12.8 Å². The van der Waals surface area contributed by atoms with Crippen molar-refractivity contribution in [2.24, 2.45) is 0 Å². The van der Waals surface area contributed by atoms with E-state index in [4.69, 9.17) is 0 Å². The highest BCUT2D eigenvalue weighted by molar-refractivity contribution is 7.09. The van der Waals surface area contributed by atoms with Gasteiger partial charge in [0.05, 0.1) is 17.8 Å².